The van der Waals surface area contributed by atoms with Gasteiger partial charge in [0.05, 0.1) is 24.8 Å². The summed E-state index contributed by atoms with van der Waals surface area (Å²) in [5.74, 6) is 1.52. The Morgan fingerprint density at radius 2 is 1.90 bits per heavy atom. The van der Waals surface area contributed by atoms with Crippen molar-refractivity contribution in [2.75, 3.05) is 6.61 Å². The van der Waals surface area contributed by atoms with Crippen molar-refractivity contribution in [2.45, 2.75) is 39.8 Å². The van der Waals surface area contributed by atoms with E-state index in [0.717, 1.165) is 28.3 Å². The molecule has 0 aliphatic rings. The van der Waals surface area contributed by atoms with Gasteiger partial charge in [-0.25, -0.2) is 0 Å². The standard InChI is InChI=1S/C25H28N2O3/c1-18-10-11-24(19(2)15-18)29-14-12-25(28)27-20(3)21-7-6-9-23(16-21)30-17-22-8-4-5-13-26-22/h4-11,13,15-16,20H,12,14,17H2,1-3H3,(H,27,28). The topological polar surface area (TPSA) is 60.5 Å². The van der Waals surface area contributed by atoms with Crippen molar-refractivity contribution in [3.8, 4) is 11.5 Å². The van der Waals surface area contributed by atoms with Crippen molar-refractivity contribution in [2.24, 2.45) is 0 Å². The minimum atomic E-state index is -0.128. The average molecular weight is 405 g/mol. The monoisotopic (exact) mass is 404 g/mol. The Labute approximate surface area is 178 Å². The van der Waals surface area contributed by atoms with Crippen molar-refractivity contribution in [1.29, 1.82) is 0 Å². The summed E-state index contributed by atoms with van der Waals surface area (Å²) in [6.45, 7) is 6.76. The zero-order chi connectivity index (χ0) is 21.3. The number of carbonyl (C=O) groups is 1. The Hall–Kier alpha value is -3.34. The van der Waals surface area contributed by atoms with E-state index in [1.807, 2.05) is 75.4 Å². The molecule has 1 N–H and O–H groups in total. The molecule has 1 amide bonds. The lowest BCUT2D eigenvalue weighted by molar-refractivity contribution is -0.122. The minimum Gasteiger partial charge on any atom is -0.493 e. The van der Waals surface area contributed by atoms with Crippen LogP contribution in [0.2, 0.25) is 0 Å². The first kappa shape index (κ1) is 21.4. The highest BCUT2D eigenvalue weighted by atomic mass is 16.5. The molecule has 156 valence electrons. The predicted octanol–water partition coefficient (Wildman–Crippen LogP) is 4.92. The summed E-state index contributed by atoms with van der Waals surface area (Å²) in [5, 5.41) is 3.02. The molecule has 30 heavy (non-hydrogen) atoms. The van der Waals surface area contributed by atoms with E-state index in [-0.39, 0.29) is 11.9 Å². The predicted molar refractivity (Wildman–Crippen MR) is 118 cm³/mol. The van der Waals surface area contributed by atoms with Crippen LogP contribution < -0.4 is 14.8 Å². The average Bonchev–Trinajstić information content (AvgIpc) is 2.75. The maximum Gasteiger partial charge on any atom is 0.223 e. The van der Waals surface area contributed by atoms with Crippen LogP contribution in [-0.2, 0) is 11.4 Å². The largest absolute Gasteiger partial charge is 0.493 e. The lowest BCUT2D eigenvalue weighted by Gasteiger charge is -2.16. The van der Waals surface area contributed by atoms with Gasteiger partial charge in [0.2, 0.25) is 5.91 Å². The van der Waals surface area contributed by atoms with Crippen LogP contribution in [0.15, 0.2) is 66.9 Å². The molecule has 1 heterocycles. The molecule has 3 rings (SSSR count). The zero-order valence-electron chi connectivity index (χ0n) is 17.7. The summed E-state index contributed by atoms with van der Waals surface area (Å²) < 4.78 is 11.6. The van der Waals surface area contributed by atoms with Gasteiger partial charge >= 0.3 is 0 Å². The van der Waals surface area contributed by atoms with E-state index >= 15 is 0 Å². The second-order valence-electron chi connectivity index (χ2n) is 7.34. The maximum atomic E-state index is 12.3. The number of rotatable bonds is 9. The van der Waals surface area contributed by atoms with Crippen molar-refractivity contribution in [1.82, 2.24) is 10.3 Å². The summed E-state index contributed by atoms with van der Waals surface area (Å²) in [6.07, 6.45) is 2.05. The molecule has 5 heteroatoms. The van der Waals surface area contributed by atoms with E-state index in [1.165, 1.54) is 5.56 Å². The molecule has 2 aromatic carbocycles. The normalized spacial score (nSPS) is 11.6. The highest BCUT2D eigenvalue weighted by molar-refractivity contribution is 5.76. The number of aryl methyl sites for hydroxylation is 2. The molecular formula is C25H28N2O3. The number of nitrogens with one attached hydrogen (secondary N) is 1. The van der Waals surface area contributed by atoms with Crippen LogP contribution in [0.5, 0.6) is 11.5 Å². The van der Waals surface area contributed by atoms with Gasteiger partial charge in [0.1, 0.15) is 18.1 Å². The van der Waals surface area contributed by atoms with Crippen LogP contribution in [0.1, 0.15) is 41.8 Å². The molecule has 0 aliphatic heterocycles. The molecule has 0 aliphatic carbocycles. The van der Waals surface area contributed by atoms with Gasteiger partial charge in [-0.05, 0) is 62.2 Å². The second-order valence-corrected chi connectivity index (χ2v) is 7.34. The Morgan fingerprint density at radius 1 is 1.03 bits per heavy atom. The van der Waals surface area contributed by atoms with Crippen molar-refractivity contribution in [3.63, 3.8) is 0 Å². The molecule has 1 atom stereocenters. The van der Waals surface area contributed by atoms with Gasteiger partial charge < -0.3 is 14.8 Å². The molecule has 0 bridgehead atoms. The number of pyridine rings is 1. The summed E-state index contributed by atoms with van der Waals surface area (Å²) >= 11 is 0. The Kier molecular flexibility index (Phi) is 7.44. The third-order valence-corrected chi connectivity index (χ3v) is 4.77. The fraction of sp³-hybridized carbons (Fsp3) is 0.280. The molecule has 0 saturated carbocycles. The van der Waals surface area contributed by atoms with Crippen LogP contribution in [0.3, 0.4) is 0 Å². The fourth-order valence-electron chi connectivity index (χ4n) is 3.13. The SMILES string of the molecule is Cc1ccc(OCCC(=O)NC(C)c2cccc(OCc3ccccn3)c2)c(C)c1. The van der Waals surface area contributed by atoms with E-state index in [9.17, 15) is 4.79 Å². The van der Waals surface area contributed by atoms with Crippen LogP contribution in [0.4, 0.5) is 0 Å². The number of hydrogen-bond acceptors (Lipinski definition) is 4. The lowest BCUT2D eigenvalue weighted by atomic mass is 10.1. The van der Waals surface area contributed by atoms with E-state index in [0.29, 0.717) is 19.6 Å². The lowest BCUT2D eigenvalue weighted by Crippen LogP contribution is -2.27. The number of aromatic nitrogens is 1. The van der Waals surface area contributed by atoms with Crippen molar-refractivity contribution < 1.29 is 14.3 Å². The number of ether oxygens (including phenoxy) is 2. The molecular weight excluding hydrogens is 376 g/mol. The molecule has 5 nitrogen and oxygen atoms in total. The van der Waals surface area contributed by atoms with Gasteiger partial charge in [0.15, 0.2) is 0 Å². The van der Waals surface area contributed by atoms with Gasteiger partial charge in [0.25, 0.3) is 0 Å². The summed E-state index contributed by atoms with van der Waals surface area (Å²) in [4.78, 5) is 16.6. The number of amides is 1. The van der Waals surface area contributed by atoms with Crippen molar-refractivity contribution >= 4 is 5.91 Å². The molecule has 0 saturated heterocycles. The number of carbonyl (C=O) groups excluding carboxylic acids is 1. The van der Waals surface area contributed by atoms with Gasteiger partial charge in [-0.15, -0.1) is 0 Å². The molecule has 0 radical (unpaired) electrons. The maximum absolute atomic E-state index is 12.3. The number of hydrogen-bond donors (Lipinski definition) is 1. The van der Waals surface area contributed by atoms with Crippen LogP contribution >= 0.6 is 0 Å². The molecule has 3 aromatic rings. The minimum absolute atomic E-state index is 0.0490. The highest BCUT2D eigenvalue weighted by Gasteiger charge is 2.11. The van der Waals surface area contributed by atoms with Gasteiger partial charge in [-0.2, -0.15) is 0 Å². The smallest absolute Gasteiger partial charge is 0.223 e. The molecule has 0 spiro atoms. The quantitative estimate of drug-likeness (QED) is 0.550. The van der Waals surface area contributed by atoms with E-state index in [4.69, 9.17) is 9.47 Å². The number of nitrogens with zero attached hydrogens (tertiary/aromatic N) is 1. The first-order valence-corrected chi connectivity index (χ1v) is 10.1. The Bertz CT molecular complexity index is 973. The third kappa shape index (κ3) is 6.34. The first-order chi connectivity index (χ1) is 14.5. The third-order valence-electron chi connectivity index (χ3n) is 4.77. The Balaban J connectivity index is 1.47. The van der Waals surface area contributed by atoms with E-state index in [2.05, 4.69) is 16.4 Å². The molecule has 1 aromatic heterocycles. The highest BCUT2D eigenvalue weighted by Crippen LogP contribution is 2.21. The van der Waals surface area contributed by atoms with Gasteiger partial charge in [-0.1, -0.05) is 35.9 Å². The molecule has 0 fully saturated rings. The van der Waals surface area contributed by atoms with E-state index < -0.39 is 0 Å². The van der Waals surface area contributed by atoms with Crippen LogP contribution in [0, 0.1) is 13.8 Å². The van der Waals surface area contributed by atoms with Crippen LogP contribution in [-0.4, -0.2) is 17.5 Å². The fourth-order valence-corrected chi connectivity index (χ4v) is 3.13. The summed E-state index contributed by atoms with van der Waals surface area (Å²) in [6, 6.07) is 19.4. The number of benzene rings is 2. The summed E-state index contributed by atoms with van der Waals surface area (Å²) in [7, 11) is 0. The van der Waals surface area contributed by atoms with E-state index in [1.54, 1.807) is 6.20 Å². The van der Waals surface area contributed by atoms with Gasteiger partial charge in [-0.3, -0.25) is 9.78 Å². The first-order valence-electron chi connectivity index (χ1n) is 10.1. The van der Waals surface area contributed by atoms with Crippen molar-refractivity contribution in [3.05, 3.63) is 89.2 Å². The zero-order valence-corrected chi connectivity index (χ0v) is 17.7. The summed E-state index contributed by atoms with van der Waals surface area (Å²) in [5.41, 5.74) is 4.12. The van der Waals surface area contributed by atoms with Crippen LogP contribution in [0.25, 0.3) is 0 Å². The van der Waals surface area contributed by atoms with Gasteiger partial charge in [0, 0.05) is 6.20 Å². The second kappa shape index (κ2) is 10.4. The Morgan fingerprint density at radius 3 is 2.67 bits per heavy atom. The molecule has 1 unspecified atom stereocenters.